The van der Waals surface area contributed by atoms with E-state index in [2.05, 4.69) is 109 Å². The van der Waals surface area contributed by atoms with Gasteiger partial charge >= 0.3 is 0 Å². The zero-order valence-corrected chi connectivity index (χ0v) is 18.4. The summed E-state index contributed by atoms with van der Waals surface area (Å²) in [6.07, 6.45) is 0. The number of hydrogen-bond acceptors (Lipinski definition) is 2. The van der Waals surface area contributed by atoms with Crippen molar-refractivity contribution in [2.75, 3.05) is 23.9 Å². The number of rotatable bonds is 0. The molecule has 2 aromatic rings. The highest BCUT2D eigenvalue weighted by molar-refractivity contribution is 5.79. The Hall–Kier alpha value is -1.96. The van der Waals surface area contributed by atoms with Gasteiger partial charge in [-0.05, 0) is 55.2 Å². The van der Waals surface area contributed by atoms with Crippen molar-refractivity contribution in [3.63, 3.8) is 0 Å². The highest BCUT2D eigenvalue weighted by Gasteiger charge is 2.63. The summed E-state index contributed by atoms with van der Waals surface area (Å²) in [4.78, 5) is 5.15. The smallest absolute Gasteiger partial charge is 0.0673 e. The fourth-order valence-corrected chi connectivity index (χ4v) is 6.24. The Kier molecular flexibility index (Phi) is 3.62. The van der Waals surface area contributed by atoms with E-state index in [4.69, 9.17) is 0 Å². The summed E-state index contributed by atoms with van der Waals surface area (Å²) >= 11 is 0. The molecule has 27 heavy (non-hydrogen) atoms. The van der Waals surface area contributed by atoms with Crippen molar-refractivity contribution < 1.29 is 0 Å². The van der Waals surface area contributed by atoms with E-state index in [1.165, 1.54) is 33.6 Å². The third-order valence-corrected chi connectivity index (χ3v) is 8.19. The van der Waals surface area contributed by atoms with Gasteiger partial charge in [0.1, 0.15) is 0 Å². The van der Waals surface area contributed by atoms with Gasteiger partial charge in [0.15, 0.2) is 0 Å². The first-order chi connectivity index (χ1) is 12.5. The summed E-state index contributed by atoms with van der Waals surface area (Å²) in [6.45, 7) is 16.7. The third kappa shape index (κ3) is 2.02. The predicted molar refractivity (Wildman–Crippen MR) is 117 cm³/mol. The summed E-state index contributed by atoms with van der Waals surface area (Å²) in [5.41, 5.74) is 8.44. The van der Waals surface area contributed by atoms with E-state index >= 15 is 0 Å². The van der Waals surface area contributed by atoms with Crippen LogP contribution in [0, 0.1) is 13.8 Å². The normalized spacial score (nSPS) is 27.7. The summed E-state index contributed by atoms with van der Waals surface area (Å²) in [5.74, 6) is 0. The van der Waals surface area contributed by atoms with Gasteiger partial charge in [-0.15, -0.1) is 0 Å². The minimum atomic E-state index is -0.0334. The highest BCUT2D eigenvalue weighted by atomic mass is 15.3. The largest absolute Gasteiger partial charge is 0.367 e. The topological polar surface area (TPSA) is 6.48 Å². The van der Waals surface area contributed by atoms with Gasteiger partial charge in [-0.2, -0.15) is 0 Å². The van der Waals surface area contributed by atoms with Crippen LogP contribution >= 0.6 is 0 Å². The average molecular weight is 363 g/mol. The molecule has 0 spiro atoms. The van der Waals surface area contributed by atoms with E-state index in [-0.39, 0.29) is 16.4 Å². The number of anilines is 2. The first kappa shape index (κ1) is 18.4. The summed E-state index contributed by atoms with van der Waals surface area (Å²) < 4.78 is 0. The highest BCUT2D eigenvalue weighted by Crippen LogP contribution is 2.59. The van der Waals surface area contributed by atoms with Gasteiger partial charge in [0, 0.05) is 24.9 Å². The molecule has 2 aliphatic rings. The Morgan fingerprint density at radius 1 is 0.778 bits per heavy atom. The molecule has 2 aromatic carbocycles. The molecule has 1 heterocycles. The van der Waals surface area contributed by atoms with Crippen molar-refractivity contribution in [1.82, 2.24) is 0 Å². The molecular weight excluding hydrogens is 328 g/mol. The van der Waals surface area contributed by atoms with E-state index in [0.29, 0.717) is 6.04 Å². The second-order valence-corrected chi connectivity index (χ2v) is 10.0. The molecule has 2 nitrogen and oxygen atoms in total. The number of benzene rings is 2. The molecule has 0 saturated heterocycles. The van der Waals surface area contributed by atoms with Crippen LogP contribution < -0.4 is 9.80 Å². The van der Waals surface area contributed by atoms with E-state index in [9.17, 15) is 0 Å². The second kappa shape index (κ2) is 5.31. The van der Waals surface area contributed by atoms with Crippen LogP contribution in [0.4, 0.5) is 11.4 Å². The lowest BCUT2D eigenvalue weighted by Crippen LogP contribution is -2.77. The fraction of sp³-hybridized carbons (Fsp3) is 0.520. The fourth-order valence-electron chi connectivity index (χ4n) is 6.24. The second-order valence-electron chi connectivity index (χ2n) is 10.0. The zero-order valence-electron chi connectivity index (χ0n) is 18.4. The van der Waals surface area contributed by atoms with Crippen LogP contribution in [0.3, 0.4) is 0 Å². The van der Waals surface area contributed by atoms with E-state index < -0.39 is 0 Å². The number of likely N-dealkylation sites (N-methyl/N-ethyl adjacent to an activating group) is 2. The zero-order chi connectivity index (χ0) is 19.9. The van der Waals surface area contributed by atoms with E-state index in [1.54, 1.807) is 0 Å². The Bertz CT molecular complexity index is 924. The van der Waals surface area contributed by atoms with Crippen LogP contribution in [0.15, 0.2) is 36.4 Å². The van der Waals surface area contributed by atoms with Crippen LogP contribution in [0.5, 0.6) is 0 Å². The van der Waals surface area contributed by atoms with Gasteiger partial charge < -0.3 is 9.80 Å². The summed E-state index contributed by atoms with van der Waals surface area (Å²) in [5, 5.41) is 0. The van der Waals surface area contributed by atoms with Gasteiger partial charge in [0.05, 0.1) is 23.0 Å². The number of aryl methyl sites for hydroxylation is 2. The molecule has 1 aliphatic carbocycles. The maximum absolute atomic E-state index is 2.58. The van der Waals surface area contributed by atoms with Crippen LogP contribution in [0.25, 0.3) is 0 Å². The van der Waals surface area contributed by atoms with Crippen molar-refractivity contribution in [2.24, 2.45) is 0 Å². The van der Waals surface area contributed by atoms with Gasteiger partial charge in [-0.1, -0.05) is 52.0 Å². The van der Waals surface area contributed by atoms with Crippen LogP contribution in [-0.4, -0.2) is 25.7 Å². The maximum Gasteiger partial charge on any atom is 0.0673 e. The van der Waals surface area contributed by atoms with Crippen molar-refractivity contribution in [3.05, 3.63) is 58.7 Å². The lowest BCUT2D eigenvalue weighted by atomic mass is 9.50. The molecule has 0 radical (unpaired) electrons. The van der Waals surface area contributed by atoms with Gasteiger partial charge in [-0.3, -0.25) is 0 Å². The van der Waals surface area contributed by atoms with E-state index in [1.807, 2.05) is 0 Å². The quantitative estimate of drug-likeness (QED) is 0.603. The molecule has 2 unspecified atom stereocenters. The SMILES string of the molecule is Cc1cc2c(cc1C)N(C)C1(C)C(N2C)C(C)(C)c2ccccc2C1(C)C. The predicted octanol–water partition coefficient (Wildman–Crippen LogP) is 5.59. The maximum atomic E-state index is 2.58. The molecule has 0 saturated carbocycles. The van der Waals surface area contributed by atoms with Crippen molar-refractivity contribution in [3.8, 4) is 0 Å². The monoisotopic (exact) mass is 362 g/mol. The lowest BCUT2D eigenvalue weighted by Gasteiger charge is -2.68. The first-order valence-corrected chi connectivity index (χ1v) is 10.1. The third-order valence-electron chi connectivity index (χ3n) is 8.19. The molecule has 0 aromatic heterocycles. The lowest BCUT2D eigenvalue weighted by molar-refractivity contribution is 0.135. The van der Waals surface area contributed by atoms with Crippen molar-refractivity contribution >= 4 is 11.4 Å². The molecule has 2 heteroatoms. The standard InChI is InChI=1S/C25H34N2/c1-16-14-20-21(15-17(16)2)27(9)25(7)22(26(20)8)23(3,4)18-12-10-11-13-19(18)24(25,5)6/h10-15,22H,1-9H3. The molecule has 1 aliphatic heterocycles. The molecule has 0 amide bonds. The number of nitrogens with zero attached hydrogens (tertiary/aromatic N) is 2. The molecule has 144 valence electrons. The first-order valence-electron chi connectivity index (χ1n) is 10.1. The number of hydrogen-bond donors (Lipinski definition) is 0. The minimum absolute atomic E-state index is 0.0171. The number of fused-ring (bicyclic) bond motifs is 3. The molecule has 2 atom stereocenters. The average Bonchev–Trinajstić information content (AvgIpc) is 2.60. The van der Waals surface area contributed by atoms with Crippen LogP contribution in [-0.2, 0) is 10.8 Å². The van der Waals surface area contributed by atoms with Crippen molar-refractivity contribution in [2.45, 2.75) is 70.9 Å². The van der Waals surface area contributed by atoms with E-state index in [0.717, 1.165) is 0 Å². The molecule has 4 rings (SSSR count). The van der Waals surface area contributed by atoms with Gasteiger partial charge in [0.25, 0.3) is 0 Å². The van der Waals surface area contributed by atoms with Crippen LogP contribution in [0.2, 0.25) is 0 Å². The molecule has 0 bridgehead atoms. The Morgan fingerprint density at radius 2 is 1.30 bits per heavy atom. The minimum Gasteiger partial charge on any atom is -0.367 e. The van der Waals surface area contributed by atoms with Crippen LogP contribution in [0.1, 0.15) is 56.9 Å². The molecular formula is C25H34N2. The summed E-state index contributed by atoms with van der Waals surface area (Å²) in [7, 11) is 4.61. The Balaban J connectivity index is 2.07. The van der Waals surface area contributed by atoms with Gasteiger partial charge in [0.2, 0.25) is 0 Å². The Labute approximate surface area is 165 Å². The van der Waals surface area contributed by atoms with Crippen molar-refractivity contribution in [1.29, 1.82) is 0 Å². The Morgan fingerprint density at radius 3 is 1.89 bits per heavy atom. The molecule has 0 N–H and O–H groups in total. The summed E-state index contributed by atoms with van der Waals surface area (Å²) in [6, 6.07) is 14.2. The van der Waals surface area contributed by atoms with Gasteiger partial charge in [-0.25, -0.2) is 0 Å². The molecule has 0 fully saturated rings.